The Kier molecular flexibility index (Phi) is 1.20. The average molecular weight is 114 g/mol. The Morgan fingerprint density at radius 1 is 1.75 bits per heavy atom. The van der Waals surface area contributed by atoms with Gasteiger partial charge in [-0.05, 0) is 0 Å². The molecule has 1 fully saturated rings. The molecule has 1 N–H and O–H groups in total. The Balaban J connectivity index is 2.69. The van der Waals surface area contributed by atoms with E-state index >= 15 is 0 Å². The number of aliphatic hydroxyl groups is 1. The minimum absolute atomic E-state index is 0.366. The van der Waals surface area contributed by atoms with Crippen LogP contribution < -0.4 is 0 Å². The second-order valence-electron chi connectivity index (χ2n) is 1.54. The number of rotatable bonds is 0. The van der Waals surface area contributed by atoms with E-state index in [1.165, 1.54) is 0 Å². The van der Waals surface area contributed by atoms with Crippen LogP contribution in [0.2, 0.25) is 0 Å². The van der Waals surface area contributed by atoms with Gasteiger partial charge in [0, 0.05) is 6.42 Å². The van der Waals surface area contributed by atoms with Gasteiger partial charge >= 0.3 is 5.97 Å². The highest BCUT2D eigenvalue weighted by atomic mass is 16.5. The molecule has 1 aliphatic heterocycles. The SMILES string of the molecule is O=C1OCC/C1=C/O. The van der Waals surface area contributed by atoms with Crippen LogP contribution in [0.1, 0.15) is 6.42 Å². The molecule has 8 heavy (non-hydrogen) atoms. The van der Waals surface area contributed by atoms with Crippen molar-refractivity contribution in [3.8, 4) is 0 Å². The minimum Gasteiger partial charge on any atom is -0.515 e. The number of carbonyl (C=O) groups excluding carboxylic acids is 1. The van der Waals surface area contributed by atoms with Gasteiger partial charge in [-0.25, -0.2) is 4.79 Å². The van der Waals surface area contributed by atoms with E-state index in [1.807, 2.05) is 0 Å². The molecule has 0 radical (unpaired) electrons. The molecule has 1 saturated heterocycles. The fraction of sp³-hybridized carbons (Fsp3) is 0.400. The summed E-state index contributed by atoms with van der Waals surface area (Å²) in [5.41, 5.74) is 0.366. The summed E-state index contributed by atoms with van der Waals surface area (Å²) in [4.78, 5) is 10.4. The molecule has 0 aliphatic carbocycles. The molecule has 0 aromatic heterocycles. The van der Waals surface area contributed by atoms with E-state index in [0.717, 1.165) is 6.26 Å². The Labute approximate surface area is 46.6 Å². The third-order valence-electron chi connectivity index (χ3n) is 1.02. The lowest BCUT2D eigenvalue weighted by molar-refractivity contribution is -0.135. The Morgan fingerprint density at radius 2 is 2.50 bits per heavy atom. The van der Waals surface area contributed by atoms with Gasteiger partial charge in [-0.2, -0.15) is 0 Å². The number of ether oxygens (including phenoxy) is 1. The molecule has 1 aliphatic rings. The van der Waals surface area contributed by atoms with Gasteiger partial charge in [0.1, 0.15) is 0 Å². The molecule has 0 bridgehead atoms. The highest BCUT2D eigenvalue weighted by Crippen LogP contribution is 2.10. The van der Waals surface area contributed by atoms with Crippen molar-refractivity contribution in [2.45, 2.75) is 6.42 Å². The van der Waals surface area contributed by atoms with Crippen LogP contribution in [0.5, 0.6) is 0 Å². The van der Waals surface area contributed by atoms with E-state index in [4.69, 9.17) is 5.11 Å². The van der Waals surface area contributed by atoms with Gasteiger partial charge in [-0.15, -0.1) is 0 Å². The van der Waals surface area contributed by atoms with E-state index in [1.54, 1.807) is 0 Å². The lowest BCUT2D eigenvalue weighted by atomic mass is 10.3. The van der Waals surface area contributed by atoms with Crippen LogP contribution in [0.4, 0.5) is 0 Å². The molecular weight excluding hydrogens is 108 g/mol. The van der Waals surface area contributed by atoms with Crippen LogP contribution in [0, 0.1) is 0 Å². The lowest BCUT2D eigenvalue weighted by Crippen LogP contribution is -1.93. The number of carbonyl (C=O) groups is 1. The zero-order valence-corrected chi connectivity index (χ0v) is 4.26. The van der Waals surface area contributed by atoms with Gasteiger partial charge in [0.2, 0.25) is 0 Å². The van der Waals surface area contributed by atoms with Crippen LogP contribution in [-0.4, -0.2) is 17.7 Å². The monoisotopic (exact) mass is 114 g/mol. The summed E-state index contributed by atoms with van der Waals surface area (Å²) < 4.78 is 4.49. The Bertz CT molecular complexity index is 137. The smallest absolute Gasteiger partial charge is 0.337 e. The predicted octanol–water partition coefficient (Wildman–Crippen LogP) is 0.375. The van der Waals surface area contributed by atoms with Crippen LogP contribution in [0.3, 0.4) is 0 Å². The largest absolute Gasteiger partial charge is 0.515 e. The van der Waals surface area contributed by atoms with Crippen molar-refractivity contribution < 1.29 is 14.6 Å². The molecule has 44 valence electrons. The maximum absolute atomic E-state index is 10.4. The van der Waals surface area contributed by atoms with Crippen molar-refractivity contribution in [2.24, 2.45) is 0 Å². The number of hydrogen-bond donors (Lipinski definition) is 1. The molecule has 3 nitrogen and oxygen atoms in total. The predicted molar refractivity (Wildman–Crippen MR) is 26.3 cm³/mol. The van der Waals surface area contributed by atoms with Gasteiger partial charge in [0.05, 0.1) is 18.4 Å². The average Bonchev–Trinajstić information content (AvgIpc) is 2.14. The van der Waals surface area contributed by atoms with E-state index in [-0.39, 0.29) is 0 Å². The number of hydrogen-bond acceptors (Lipinski definition) is 3. The van der Waals surface area contributed by atoms with Crippen molar-refractivity contribution in [2.75, 3.05) is 6.61 Å². The first kappa shape index (κ1) is 5.15. The van der Waals surface area contributed by atoms with Crippen molar-refractivity contribution >= 4 is 5.97 Å². The summed E-state index contributed by atoms with van der Waals surface area (Å²) >= 11 is 0. The van der Waals surface area contributed by atoms with Crippen molar-refractivity contribution in [3.05, 3.63) is 11.8 Å². The normalized spacial score (nSPS) is 24.0. The molecule has 3 heteroatoms. The molecule has 0 atom stereocenters. The summed E-state index contributed by atoms with van der Waals surface area (Å²) in [7, 11) is 0. The van der Waals surface area contributed by atoms with Crippen LogP contribution in [0.15, 0.2) is 11.8 Å². The summed E-state index contributed by atoms with van der Waals surface area (Å²) in [6, 6.07) is 0. The van der Waals surface area contributed by atoms with E-state index < -0.39 is 5.97 Å². The van der Waals surface area contributed by atoms with Crippen molar-refractivity contribution in [1.29, 1.82) is 0 Å². The highest BCUT2D eigenvalue weighted by Gasteiger charge is 2.17. The van der Waals surface area contributed by atoms with E-state index in [2.05, 4.69) is 4.74 Å². The maximum Gasteiger partial charge on any atom is 0.337 e. The zero-order chi connectivity index (χ0) is 5.98. The third kappa shape index (κ3) is 0.665. The van der Waals surface area contributed by atoms with Gasteiger partial charge in [-0.1, -0.05) is 0 Å². The molecular formula is C5H6O3. The van der Waals surface area contributed by atoms with Crippen molar-refractivity contribution in [3.63, 3.8) is 0 Å². The fourth-order valence-electron chi connectivity index (χ4n) is 0.566. The van der Waals surface area contributed by atoms with Gasteiger partial charge in [0.25, 0.3) is 0 Å². The second-order valence-corrected chi connectivity index (χ2v) is 1.54. The fourth-order valence-corrected chi connectivity index (χ4v) is 0.566. The van der Waals surface area contributed by atoms with E-state index in [0.29, 0.717) is 18.6 Å². The van der Waals surface area contributed by atoms with Gasteiger partial charge < -0.3 is 9.84 Å². The first-order chi connectivity index (χ1) is 3.84. The van der Waals surface area contributed by atoms with Gasteiger partial charge in [-0.3, -0.25) is 0 Å². The van der Waals surface area contributed by atoms with Crippen LogP contribution in [-0.2, 0) is 9.53 Å². The number of aliphatic hydroxyl groups excluding tert-OH is 1. The van der Waals surface area contributed by atoms with Crippen LogP contribution >= 0.6 is 0 Å². The highest BCUT2D eigenvalue weighted by molar-refractivity contribution is 5.89. The first-order valence-corrected chi connectivity index (χ1v) is 2.35. The van der Waals surface area contributed by atoms with Crippen molar-refractivity contribution in [1.82, 2.24) is 0 Å². The Morgan fingerprint density at radius 3 is 2.75 bits per heavy atom. The molecule has 1 rings (SSSR count). The maximum atomic E-state index is 10.4. The van der Waals surface area contributed by atoms with Gasteiger partial charge in [0.15, 0.2) is 0 Å². The quantitative estimate of drug-likeness (QED) is 0.281. The minimum atomic E-state index is -0.396. The zero-order valence-electron chi connectivity index (χ0n) is 4.26. The molecule has 0 aromatic carbocycles. The molecule has 0 spiro atoms. The number of esters is 1. The molecule has 0 saturated carbocycles. The molecule has 0 aromatic rings. The summed E-state index contributed by atoms with van der Waals surface area (Å²) in [5, 5.41) is 8.27. The number of cyclic esters (lactones) is 1. The molecule has 1 heterocycles. The summed E-state index contributed by atoms with van der Waals surface area (Å²) in [6.45, 7) is 0.408. The lowest BCUT2D eigenvalue weighted by Gasteiger charge is -1.83. The Hall–Kier alpha value is -0.990. The third-order valence-corrected chi connectivity index (χ3v) is 1.02. The first-order valence-electron chi connectivity index (χ1n) is 2.35. The molecule has 0 amide bonds. The van der Waals surface area contributed by atoms with E-state index in [9.17, 15) is 4.79 Å². The standard InChI is InChI=1S/C5H6O3/c6-3-4-1-2-8-5(4)7/h3,6H,1-2H2/b4-3-. The summed E-state index contributed by atoms with van der Waals surface area (Å²) in [6.07, 6.45) is 1.34. The second kappa shape index (κ2) is 1.86. The summed E-state index contributed by atoms with van der Waals surface area (Å²) in [5.74, 6) is -0.396. The molecule has 0 unspecified atom stereocenters. The topological polar surface area (TPSA) is 46.5 Å². The van der Waals surface area contributed by atoms with Crippen LogP contribution in [0.25, 0.3) is 0 Å².